The van der Waals surface area contributed by atoms with E-state index in [1.165, 1.54) is 0 Å². The van der Waals surface area contributed by atoms with Gasteiger partial charge in [-0.3, -0.25) is 14.4 Å². The number of benzene rings is 2. The topological polar surface area (TPSA) is 151 Å². The van der Waals surface area contributed by atoms with Gasteiger partial charge in [-0.1, -0.05) is 60.7 Å². The van der Waals surface area contributed by atoms with E-state index in [2.05, 4.69) is 41.2 Å². The Labute approximate surface area is 215 Å². The standard InChI is InChI=1S/C24H30N4O5S2/c25-17(13-34)21(29)26-18(11-15-7-3-1-4-8-15)22(30)27-19(12-16-9-5-2-6-10-16)23(31)28-20(14-35)24(32)33/h1-10,17-20,34-35H,11-14,25H2,(H,26,29)(H,27,30)(H,28,31)(H,32,33)/t17-,18-,19-,20-/m0/s1. The molecule has 0 spiro atoms. The Morgan fingerprint density at radius 3 is 1.46 bits per heavy atom. The summed E-state index contributed by atoms with van der Waals surface area (Å²) in [5, 5.41) is 17.0. The van der Waals surface area contributed by atoms with Crippen molar-refractivity contribution in [3.63, 3.8) is 0 Å². The second kappa shape index (κ2) is 14.4. The Hall–Kier alpha value is -3.02. The zero-order valence-electron chi connectivity index (χ0n) is 19.0. The van der Waals surface area contributed by atoms with E-state index in [0.29, 0.717) is 0 Å². The third-order valence-corrected chi connectivity index (χ3v) is 5.92. The van der Waals surface area contributed by atoms with Gasteiger partial charge in [0.05, 0.1) is 6.04 Å². The van der Waals surface area contributed by atoms with Crippen molar-refractivity contribution in [3.8, 4) is 0 Å². The smallest absolute Gasteiger partial charge is 0.327 e. The van der Waals surface area contributed by atoms with E-state index in [-0.39, 0.29) is 24.3 Å². The minimum absolute atomic E-state index is 0.0881. The largest absolute Gasteiger partial charge is 0.480 e. The van der Waals surface area contributed by atoms with E-state index in [1.54, 1.807) is 36.4 Å². The van der Waals surface area contributed by atoms with Crippen LogP contribution in [0.15, 0.2) is 60.7 Å². The molecule has 0 saturated heterocycles. The van der Waals surface area contributed by atoms with Gasteiger partial charge in [-0.25, -0.2) is 4.79 Å². The number of nitrogens with one attached hydrogen (secondary N) is 3. The van der Waals surface area contributed by atoms with Crippen molar-refractivity contribution >= 4 is 48.9 Å². The van der Waals surface area contributed by atoms with E-state index in [0.717, 1.165) is 11.1 Å². The monoisotopic (exact) mass is 518 g/mol. The maximum atomic E-state index is 13.3. The minimum atomic E-state index is -1.24. The van der Waals surface area contributed by atoms with E-state index < -0.39 is 47.9 Å². The lowest BCUT2D eigenvalue weighted by atomic mass is 10.0. The van der Waals surface area contributed by atoms with Crippen LogP contribution < -0.4 is 21.7 Å². The third kappa shape index (κ3) is 9.27. The molecule has 0 bridgehead atoms. The van der Waals surface area contributed by atoms with Gasteiger partial charge in [0.15, 0.2) is 0 Å². The second-order valence-electron chi connectivity index (χ2n) is 7.87. The number of carboxylic acid groups (broad SMARTS) is 1. The molecule has 6 N–H and O–H groups in total. The molecular weight excluding hydrogens is 488 g/mol. The molecule has 0 saturated carbocycles. The van der Waals surface area contributed by atoms with Crippen LogP contribution in [0.5, 0.6) is 0 Å². The number of carbonyl (C=O) groups excluding carboxylic acids is 3. The lowest BCUT2D eigenvalue weighted by Crippen LogP contribution is -2.58. The number of carboxylic acids is 1. The summed E-state index contributed by atoms with van der Waals surface area (Å²) in [5.74, 6) is -3.12. The summed E-state index contributed by atoms with van der Waals surface area (Å²) >= 11 is 8.00. The summed E-state index contributed by atoms with van der Waals surface area (Å²) < 4.78 is 0. The summed E-state index contributed by atoms with van der Waals surface area (Å²) in [6.07, 6.45) is 0.269. The predicted octanol–water partition coefficient (Wildman–Crippen LogP) is 0.198. The Balaban J connectivity index is 2.27. The maximum absolute atomic E-state index is 13.3. The molecule has 2 aromatic rings. The molecule has 0 heterocycles. The third-order valence-electron chi connectivity index (χ3n) is 5.16. The summed E-state index contributed by atoms with van der Waals surface area (Å²) in [7, 11) is 0. The van der Waals surface area contributed by atoms with Crippen molar-refractivity contribution in [2.24, 2.45) is 5.73 Å². The second-order valence-corrected chi connectivity index (χ2v) is 8.60. The van der Waals surface area contributed by atoms with Gasteiger partial charge in [0, 0.05) is 24.3 Å². The number of carbonyl (C=O) groups is 4. The number of amides is 3. The molecule has 188 valence electrons. The van der Waals surface area contributed by atoms with Crippen LogP contribution in [0.2, 0.25) is 0 Å². The fourth-order valence-corrected chi connectivity index (χ4v) is 3.62. The zero-order valence-corrected chi connectivity index (χ0v) is 20.8. The fraction of sp³-hybridized carbons (Fsp3) is 0.333. The van der Waals surface area contributed by atoms with Gasteiger partial charge >= 0.3 is 5.97 Å². The van der Waals surface area contributed by atoms with Crippen molar-refractivity contribution in [3.05, 3.63) is 71.8 Å². The first kappa shape index (κ1) is 28.2. The SMILES string of the molecule is N[C@@H](CS)C(=O)N[C@@H](Cc1ccccc1)C(=O)N[C@@H](Cc1ccccc1)C(=O)N[C@@H](CS)C(=O)O. The molecule has 0 fully saturated rings. The molecule has 4 atom stereocenters. The molecule has 0 aliphatic heterocycles. The number of hydrogen-bond acceptors (Lipinski definition) is 7. The summed E-state index contributed by atoms with van der Waals surface area (Å²) in [5.41, 5.74) is 7.31. The molecule has 0 aromatic heterocycles. The normalized spacial score (nSPS) is 14.1. The van der Waals surface area contributed by atoms with Gasteiger partial charge in [-0.05, 0) is 11.1 Å². The van der Waals surface area contributed by atoms with E-state index >= 15 is 0 Å². The average Bonchev–Trinajstić information content (AvgIpc) is 2.86. The molecule has 0 unspecified atom stereocenters. The van der Waals surface area contributed by atoms with Crippen LogP contribution in [0.1, 0.15) is 11.1 Å². The molecule has 3 amide bonds. The van der Waals surface area contributed by atoms with Crippen molar-refractivity contribution in [2.45, 2.75) is 37.0 Å². The van der Waals surface area contributed by atoms with Crippen molar-refractivity contribution in [1.29, 1.82) is 0 Å². The van der Waals surface area contributed by atoms with Crippen molar-refractivity contribution < 1.29 is 24.3 Å². The van der Waals surface area contributed by atoms with Crippen LogP contribution in [0.25, 0.3) is 0 Å². The minimum Gasteiger partial charge on any atom is -0.480 e. The van der Waals surface area contributed by atoms with Crippen LogP contribution in [-0.4, -0.2) is 64.5 Å². The van der Waals surface area contributed by atoms with Gasteiger partial charge in [-0.15, -0.1) is 0 Å². The Morgan fingerprint density at radius 1 is 0.686 bits per heavy atom. The molecule has 11 heteroatoms. The average molecular weight is 519 g/mol. The lowest BCUT2D eigenvalue weighted by Gasteiger charge is -2.25. The Morgan fingerprint density at radius 2 is 1.09 bits per heavy atom. The highest BCUT2D eigenvalue weighted by Crippen LogP contribution is 2.08. The highest BCUT2D eigenvalue weighted by Gasteiger charge is 2.30. The van der Waals surface area contributed by atoms with E-state index in [9.17, 15) is 24.3 Å². The van der Waals surface area contributed by atoms with Crippen LogP contribution in [0, 0.1) is 0 Å². The van der Waals surface area contributed by atoms with E-state index in [4.69, 9.17) is 5.73 Å². The van der Waals surface area contributed by atoms with E-state index in [1.807, 2.05) is 24.3 Å². The van der Waals surface area contributed by atoms with Gasteiger partial charge in [0.2, 0.25) is 17.7 Å². The van der Waals surface area contributed by atoms with Crippen LogP contribution in [0.4, 0.5) is 0 Å². The van der Waals surface area contributed by atoms with Crippen molar-refractivity contribution in [1.82, 2.24) is 16.0 Å². The molecule has 0 aliphatic rings. The van der Waals surface area contributed by atoms with Crippen LogP contribution in [-0.2, 0) is 32.0 Å². The van der Waals surface area contributed by atoms with Gasteiger partial charge in [-0.2, -0.15) is 25.3 Å². The van der Waals surface area contributed by atoms with Gasteiger partial charge in [0.1, 0.15) is 18.1 Å². The molecular formula is C24H30N4O5S2. The number of thiol groups is 2. The maximum Gasteiger partial charge on any atom is 0.327 e. The molecule has 9 nitrogen and oxygen atoms in total. The highest BCUT2D eigenvalue weighted by atomic mass is 32.1. The summed E-state index contributed by atoms with van der Waals surface area (Å²) in [6.45, 7) is 0. The first-order valence-electron chi connectivity index (χ1n) is 10.9. The zero-order chi connectivity index (χ0) is 25.8. The number of aliphatic carboxylic acids is 1. The van der Waals surface area contributed by atoms with Crippen LogP contribution >= 0.6 is 25.3 Å². The first-order valence-corrected chi connectivity index (χ1v) is 12.2. The molecule has 2 rings (SSSR count). The van der Waals surface area contributed by atoms with Gasteiger partial charge < -0.3 is 26.8 Å². The fourth-order valence-electron chi connectivity index (χ4n) is 3.21. The molecule has 0 radical (unpaired) electrons. The first-order chi connectivity index (χ1) is 16.7. The number of hydrogen-bond donors (Lipinski definition) is 7. The predicted molar refractivity (Wildman–Crippen MR) is 139 cm³/mol. The molecule has 0 aliphatic carbocycles. The summed E-state index contributed by atoms with van der Waals surface area (Å²) in [4.78, 5) is 50.1. The number of nitrogens with two attached hydrogens (primary N) is 1. The quantitative estimate of drug-likeness (QED) is 0.188. The Kier molecular flexibility index (Phi) is 11.6. The number of rotatable bonds is 13. The Bertz CT molecular complexity index is 994. The van der Waals surface area contributed by atoms with Gasteiger partial charge in [0.25, 0.3) is 0 Å². The molecule has 2 aromatic carbocycles. The lowest BCUT2D eigenvalue weighted by molar-refractivity contribution is -0.141. The van der Waals surface area contributed by atoms with Crippen LogP contribution in [0.3, 0.4) is 0 Å². The summed E-state index contributed by atoms with van der Waals surface area (Å²) in [6, 6.07) is 13.8. The highest BCUT2D eigenvalue weighted by molar-refractivity contribution is 7.80. The molecule has 35 heavy (non-hydrogen) atoms. The van der Waals surface area contributed by atoms with Crippen molar-refractivity contribution in [2.75, 3.05) is 11.5 Å².